The minimum absolute atomic E-state index is 0.0345. The smallest absolute Gasteiger partial charge is 0.255 e. The lowest BCUT2D eigenvalue weighted by Gasteiger charge is -2.34. The Morgan fingerprint density at radius 2 is 2.00 bits per heavy atom. The van der Waals surface area contributed by atoms with Crippen LogP contribution >= 0.6 is 11.6 Å². The molecule has 1 aromatic heterocycles. The van der Waals surface area contributed by atoms with E-state index in [9.17, 15) is 4.79 Å². The summed E-state index contributed by atoms with van der Waals surface area (Å²) in [6.07, 6.45) is 1.61. The first-order valence-corrected chi connectivity index (χ1v) is 9.06. The third-order valence-electron chi connectivity index (χ3n) is 4.54. The van der Waals surface area contributed by atoms with Crippen LogP contribution in [0.2, 0.25) is 5.02 Å². The number of halogens is 1. The number of likely N-dealkylation sites (N-methyl/N-ethyl adjacent to an activating group) is 1. The fraction of sp³-hybridized carbons (Fsp3) is 0.368. The van der Waals surface area contributed by atoms with Gasteiger partial charge in [0.15, 0.2) is 0 Å². The Kier molecular flexibility index (Phi) is 5.96. The zero-order chi connectivity index (χ0) is 18.5. The number of ether oxygens (including phenoxy) is 1. The molecular formula is C19H23ClN4O2. The van der Waals surface area contributed by atoms with Gasteiger partial charge >= 0.3 is 0 Å². The van der Waals surface area contributed by atoms with Crippen LogP contribution in [0.5, 0.6) is 5.75 Å². The van der Waals surface area contributed by atoms with Crippen LogP contribution in [-0.2, 0) is 0 Å². The van der Waals surface area contributed by atoms with Crippen LogP contribution in [0.4, 0.5) is 11.5 Å². The molecule has 26 heavy (non-hydrogen) atoms. The molecule has 1 N–H and O–H groups in total. The third kappa shape index (κ3) is 4.26. The minimum atomic E-state index is 0.0345. The Bertz CT molecular complexity index is 759. The van der Waals surface area contributed by atoms with E-state index in [1.165, 1.54) is 0 Å². The largest absolute Gasteiger partial charge is 0.495 e. The molecule has 2 heterocycles. The first-order valence-electron chi connectivity index (χ1n) is 8.69. The first-order chi connectivity index (χ1) is 12.6. The highest BCUT2D eigenvalue weighted by atomic mass is 35.5. The van der Waals surface area contributed by atoms with Gasteiger partial charge in [0.2, 0.25) is 0 Å². The van der Waals surface area contributed by atoms with Gasteiger partial charge in [0.25, 0.3) is 5.91 Å². The number of nitrogens with one attached hydrogen (secondary N) is 1. The molecule has 1 fully saturated rings. The van der Waals surface area contributed by atoms with Crippen molar-refractivity contribution in [3.05, 3.63) is 47.1 Å². The number of benzene rings is 1. The molecule has 1 aliphatic rings. The number of carbonyl (C=O) groups excluding carboxylic acids is 1. The Hall–Kier alpha value is -2.31. The molecule has 0 radical (unpaired) electrons. The van der Waals surface area contributed by atoms with Crippen molar-refractivity contribution in [2.24, 2.45) is 0 Å². The van der Waals surface area contributed by atoms with Gasteiger partial charge in [-0.1, -0.05) is 18.5 Å². The number of carbonyl (C=O) groups is 1. The molecule has 7 heteroatoms. The van der Waals surface area contributed by atoms with Crippen molar-refractivity contribution < 1.29 is 9.53 Å². The Balaban J connectivity index is 1.63. The second kappa shape index (κ2) is 8.38. The predicted molar refractivity (Wildman–Crippen MR) is 104 cm³/mol. The van der Waals surface area contributed by atoms with Gasteiger partial charge in [-0.05, 0) is 36.9 Å². The quantitative estimate of drug-likeness (QED) is 0.870. The molecule has 138 valence electrons. The number of hydrogen-bond donors (Lipinski definition) is 1. The molecule has 6 nitrogen and oxygen atoms in total. The van der Waals surface area contributed by atoms with Crippen LogP contribution < -0.4 is 10.1 Å². The zero-order valence-corrected chi connectivity index (χ0v) is 15.8. The van der Waals surface area contributed by atoms with Crippen molar-refractivity contribution in [1.82, 2.24) is 14.8 Å². The average molecular weight is 375 g/mol. The van der Waals surface area contributed by atoms with E-state index >= 15 is 0 Å². The van der Waals surface area contributed by atoms with Gasteiger partial charge in [-0.2, -0.15) is 0 Å². The number of methoxy groups -OCH3 is 1. The van der Waals surface area contributed by atoms with Gasteiger partial charge in [-0.3, -0.25) is 4.79 Å². The van der Waals surface area contributed by atoms with Crippen LogP contribution in [-0.4, -0.2) is 60.5 Å². The van der Waals surface area contributed by atoms with E-state index < -0.39 is 0 Å². The fourth-order valence-corrected chi connectivity index (χ4v) is 3.19. The Morgan fingerprint density at radius 1 is 1.23 bits per heavy atom. The van der Waals surface area contributed by atoms with Crippen molar-refractivity contribution in [3.8, 4) is 5.75 Å². The van der Waals surface area contributed by atoms with Gasteiger partial charge in [0.1, 0.15) is 11.6 Å². The molecule has 2 aromatic rings. The van der Waals surface area contributed by atoms with Crippen LogP contribution in [0.25, 0.3) is 0 Å². The number of amides is 1. The van der Waals surface area contributed by atoms with Gasteiger partial charge in [0, 0.05) is 38.1 Å². The summed E-state index contributed by atoms with van der Waals surface area (Å²) >= 11 is 6.13. The molecule has 1 saturated heterocycles. The summed E-state index contributed by atoms with van der Waals surface area (Å²) in [5.41, 5.74) is 1.41. The maximum absolute atomic E-state index is 12.6. The second-order valence-corrected chi connectivity index (χ2v) is 6.54. The lowest BCUT2D eigenvalue weighted by Crippen LogP contribution is -2.48. The second-order valence-electron chi connectivity index (χ2n) is 6.13. The monoisotopic (exact) mass is 374 g/mol. The van der Waals surface area contributed by atoms with Crippen LogP contribution in [0.3, 0.4) is 0 Å². The van der Waals surface area contributed by atoms with E-state index in [4.69, 9.17) is 16.3 Å². The standard InChI is InChI=1S/C19H23ClN4O2/c1-3-23-8-10-24(11-9-23)19(25)14-4-7-18(21-13-14)22-15-5-6-17(26-2)16(20)12-15/h4-7,12-13H,3,8-11H2,1-2H3,(H,21,22). The molecular weight excluding hydrogens is 352 g/mol. The molecule has 1 amide bonds. The van der Waals surface area contributed by atoms with Crippen molar-refractivity contribution in [1.29, 1.82) is 0 Å². The van der Waals surface area contributed by atoms with E-state index in [1.807, 2.05) is 11.0 Å². The number of rotatable bonds is 5. The number of pyridine rings is 1. The fourth-order valence-electron chi connectivity index (χ4n) is 2.94. The Labute approximate surface area is 158 Å². The molecule has 1 aromatic carbocycles. The van der Waals surface area contributed by atoms with Crippen molar-refractivity contribution in [2.45, 2.75) is 6.92 Å². The Morgan fingerprint density at radius 3 is 2.58 bits per heavy atom. The summed E-state index contributed by atoms with van der Waals surface area (Å²) in [4.78, 5) is 21.2. The summed E-state index contributed by atoms with van der Waals surface area (Å²) in [5, 5.41) is 3.70. The first kappa shape index (κ1) is 18.5. The van der Waals surface area contributed by atoms with Gasteiger partial charge in [0.05, 0.1) is 17.7 Å². The highest BCUT2D eigenvalue weighted by Crippen LogP contribution is 2.28. The highest BCUT2D eigenvalue weighted by molar-refractivity contribution is 6.32. The summed E-state index contributed by atoms with van der Waals surface area (Å²) in [7, 11) is 1.58. The maximum atomic E-state index is 12.6. The SMILES string of the molecule is CCN1CCN(C(=O)c2ccc(Nc3ccc(OC)c(Cl)c3)nc2)CC1. The van der Waals surface area contributed by atoms with Crippen molar-refractivity contribution in [2.75, 3.05) is 45.2 Å². The van der Waals surface area contributed by atoms with Gasteiger partial charge in [-0.15, -0.1) is 0 Å². The summed E-state index contributed by atoms with van der Waals surface area (Å²) < 4.78 is 5.14. The van der Waals surface area contributed by atoms with Gasteiger partial charge in [-0.25, -0.2) is 4.98 Å². The van der Waals surface area contributed by atoms with E-state index in [2.05, 4.69) is 22.1 Å². The molecule has 0 saturated carbocycles. The molecule has 0 unspecified atom stereocenters. The highest BCUT2D eigenvalue weighted by Gasteiger charge is 2.21. The van der Waals surface area contributed by atoms with Crippen LogP contribution in [0.1, 0.15) is 17.3 Å². The van der Waals surface area contributed by atoms with E-state index in [0.717, 1.165) is 38.4 Å². The van der Waals surface area contributed by atoms with Crippen LogP contribution in [0, 0.1) is 0 Å². The lowest BCUT2D eigenvalue weighted by molar-refractivity contribution is 0.0643. The lowest BCUT2D eigenvalue weighted by atomic mass is 10.2. The van der Waals surface area contributed by atoms with Crippen molar-refractivity contribution >= 4 is 29.0 Å². The molecule has 0 spiro atoms. The van der Waals surface area contributed by atoms with E-state index in [-0.39, 0.29) is 5.91 Å². The van der Waals surface area contributed by atoms with Crippen molar-refractivity contribution in [3.63, 3.8) is 0 Å². The number of piperazine rings is 1. The molecule has 3 rings (SSSR count). The third-order valence-corrected chi connectivity index (χ3v) is 4.84. The number of aromatic nitrogens is 1. The molecule has 0 atom stereocenters. The molecule has 1 aliphatic heterocycles. The van der Waals surface area contributed by atoms with Crippen LogP contribution in [0.15, 0.2) is 36.5 Å². The summed E-state index contributed by atoms with van der Waals surface area (Å²) in [6.45, 7) is 6.54. The average Bonchev–Trinajstić information content (AvgIpc) is 2.68. The van der Waals surface area contributed by atoms with Gasteiger partial charge < -0.3 is 19.9 Å². The minimum Gasteiger partial charge on any atom is -0.495 e. The summed E-state index contributed by atoms with van der Waals surface area (Å²) in [5.74, 6) is 1.31. The maximum Gasteiger partial charge on any atom is 0.255 e. The molecule has 0 bridgehead atoms. The predicted octanol–water partition coefficient (Wildman–Crippen LogP) is 3.26. The number of nitrogens with zero attached hydrogens (tertiary/aromatic N) is 3. The zero-order valence-electron chi connectivity index (χ0n) is 15.0. The topological polar surface area (TPSA) is 57.7 Å². The number of anilines is 2. The molecule has 0 aliphatic carbocycles. The van der Waals surface area contributed by atoms with E-state index in [0.29, 0.717) is 22.2 Å². The van der Waals surface area contributed by atoms with E-state index in [1.54, 1.807) is 37.6 Å². The number of hydrogen-bond acceptors (Lipinski definition) is 5. The summed E-state index contributed by atoms with van der Waals surface area (Å²) in [6, 6.07) is 9.02. The normalized spacial score (nSPS) is 15.0.